The minimum absolute atomic E-state index is 0.110. The maximum absolute atomic E-state index is 12.8. The second-order valence-corrected chi connectivity index (χ2v) is 3.21. The Bertz CT molecular complexity index is 294. The van der Waals surface area contributed by atoms with Gasteiger partial charge in [0.2, 0.25) is 0 Å². The van der Waals surface area contributed by atoms with Crippen molar-refractivity contribution in [1.29, 1.82) is 0 Å². The van der Waals surface area contributed by atoms with Crippen molar-refractivity contribution < 1.29 is 13.9 Å². The van der Waals surface area contributed by atoms with Gasteiger partial charge >= 0.3 is 0 Å². The largest absolute Gasteiger partial charge is 0.492 e. The van der Waals surface area contributed by atoms with Crippen LogP contribution in [0.1, 0.15) is 0 Å². The summed E-state index contributed by atoms with van der Waals surface area (Å²) in [4.78, 5) is 0. The smallest absolute Gasteiger partial charge is 0.126 e. The van der Waals surface area contributed by atoms with Crippen molar-refractivity contribution in [3.8, 4) is 5.75 Å². The molecular formula is C11H16FNO2. The summed E-state index contributed by atoms with van der Waals surface area (Å²) in [6.45, 7) is 1.01. The molecule has 0 bridgehead atoms. The number of hydrogen-bond donors (Lipinski definition) is 1. The summed E-state index contributed by atoms with van der Waals surface area (Å²) in [6.07, 6.45) is 0. The second-order valence-electron chi connectivity index (χ2n) is 3.21. The van der Waals surface area contributed by atoms with Crippen molar-refractivity contribution in [2.75, 3.05) is 27.4 Å². The lowest BCUT2D eigenvalue weighted by Crippen LogP contribution is -2.35. The van der Waals surface area contributed by atoms with Gasteiger partial charge in [-0.1, -0.05) is 6.07 Å². The Kier molecular flexibility index (Phi) is 5.07. The molecule has 84 valence electrons. The zero-order valence-electron chi connectivity index (χ0n) is 9.00. The van der Waals surface area contributed by atoms with E-state index < -0.39 is 0 Å². The lowest BCUT2D eigenvalue weighted by Gasteiger charge is -2.15. The molecule has 0 saturated carbocycles. The third-order valence-electron chi connectivity index (χ3n) is 2.02. The van der Waals surface area contributed by atoms with Gasteiger partial charge in [-0.15, -0.1) is 0 Å². The molecule has 4 heteroatoms. The first-order valence-electron chi connectivity index (χ1n) is 4.81. The molecule has 0 aliphatic rings. The van der Waals surface area contributed by atoms with Gasteiger partial charge in [0.15, 0.2) is 0 Å². The predicted molar refractivity (Wildman–Crippen MR) is 56.6 cm³/mol. The highest BCUT2D eigenvalue weighted by atomic mass is 19.1. The highest BCUT2D eigenvalue weighted by Gasteiger charge is 2.06. The Morgan fingerprint density at radius 3 is 2.80 bits per heavy atom. The maximum atomic E-state index is 12.8. The zero-order valence-corrected chi connectivity index (χ0v) is 9.00. The first-order valence-corrected chi connectivity index (χ1v) is 4.81. The fourth-order valence-electron chi connectivity index (χ4n) is 1.17. The molecule has 1 unspecified atom stereocenters. The van der Waals surface area contributed by atoms with Gasteiger partial charge in [0.05, 0.1) is 12.6 Å². The summed E-state index contributed by atoms with van der Waals surface area (Å²) in [6, 6.07) is 6.20. The van der Waals surface area contributed by atoms with Crippen molar-refractivity contribution in [3.05, 3.63) is 30.1 Å². The van der Waals surface area contributed by atoms with Gasteiger partial charge in [0.25, 0.3) is 0 Å². The predicted octanol–water partition coefficient (Wildman–Crippen LogP) is 1.44. The van der Waals surface area contributed by atoms with Gasteiger partial charge in [-0.3, -0.25) is 0 Å². The van der Waals surface area contributed by atoms with Crippen molar-refractivity contribution in [1.82, 2.24) is 5.32 Å². The van der Waals surface area contributed by atoms with E-state index in [1.807, 2.05) is 7.05 Å². The first kappa shape index (κ1) is 11.9. The number of likely N-dealkylation sites (N-methyl/N-ethyl adjacent to an activating group) is 1. The van der Waals surface area contributed by atoms with Crippen LogP contribution in [0.4, 0.5) is 4.39 Å². The van der Waals surface area contributed by atoms with E-state index in [4.69, 9.17) is 9.47 Å². The third kappa shape index (κ3) is 4.27. The van der Waals surface area contributed by atoms with Crippen LogP contribution in [0.3, 0.4) is 0 Å². The standard InChI is InChI=1S/C11H16FNO2/c1-13-10(7-14-2)8-15-11-5-3-4-9(12)6-11/h3-6,10,13H,7-8H2,1-2H3. The van der Waals surface area contributed by atoms with E-state index in [2.05, 4.69) is 5.32 Å². The Morgan fingerprint density at radius 2 is 2.20 bits per heavy atom. The van der Waals surface area contributed by atoms with Gasteiger partial charge in [0.1, 0.15) is 18.2 Å². The topological polar surface area (TPSA) is 30.5 Å². The van der Waals surface area contributed by atoms with Gasteiger partial charge < -0.3 is 14.8 Å². The number of halogens is 1. The first-order chi connectivity index (χ1) is 7.26. The van der Waals surface area contributed by atoms with E-state index in [1.165, 1.54) is 12.1 Å². The van der Waals surface area contributed by atoms with E-state index in [-0.39, 0.29) is 11.9 Å². The number of hydrogen-bond acceptors (Lipinski definition) is 3. The molecule has 1 aromatic rings. The SMILES string of the molecule is CNC(COC)COc1cccc(F)c1. The number of methoxy groups -OCH3 is 1. The number of benzene rings is 1. The molecular weight excluding hydrogens is 197 g/mol. The van der Waals surface area contributed by atoms with E-state index in [0.29, 0.717) is 19.0 Å². The van der Waals surface area contributed by atoms with Crippen LogP contribution in [-0.4, -0.2) is 33.4 Å². The van der Waals surface area contributed by atoms with Crippen molar-refractivity contribution in [2.24, 2.45) is 0 Å². The molecule has 0 aliphatic heterocycles. The summed E-state index contributed by atoms with van der Waals surface area (Å²) < 4.78 is 23.2. The molecule has 0 heterocycles. The second kappa shape index (κ2) is 6.37. The summed E-state index contributed by atoms with van der Waals surface area (Å²) in [5, 5.41) is 3.04. The molecule has 3 nitrogen and oxygen atoms in total. The number of nitrogens with one attached hydrogen (secondary N) is 1. The molecule has 1 rings (SSSR count). The fourth-order valence-corrected chi connectivity index (χ4v) is 1.17. The van der Waals surface area contributed by atoms with Crippen LogP contribution in [0.15, 0.2) is 24.3 Å². The lowest BCUT2D eigenvalue weighted by atomic mass is 10.3. The molecule has 0 aliphatic carbocycles. The van der Waals surface area contributed by atoms with E-state index in [1.54, 1.807) is 19.2 Å². The zero-order chi connectivity index (χ0) is 11.1. The minimum atomic E-state index is -0.291. The average molecular weight is 213 g/mol. The normalized spacial score (nSPS) is 12.5. The highest BCUT2D eigenvalue weighted by molar-refractivity contribution is 5.22. The maximum Gasteiger partial charge on any atom is 0.126 e. The van der Waals surface area contributed by atoms with Crippen LogP contribution in [0.2, 0.25) is 0 Å². The van der Waals surface area contributed by atoms with E-state index in [9.17, 15) is 4.39 Å². The highest BCUT2D eigenvalue weighted by Crippen LogP contribution is 2.11. The van der Waals surface area contributed by atoms with Gasteiger partial charge in [-0.05, 0) is 19.2 Å². The van der Waals surface area contributed by atoms with Gasteiger partial charge in [-0.2, -0.15) is 0 Å². The molecule has 1 N–H and O–H groups in total. The quantitative estimate of drug-likeness (QED) is 0.775. The van der Waals surface area contributed by atoms with Gasteiger partial charge in [-0.25, -0.2) is 4.39 Å². The molecule has 1 aromatic carbocycles. The van der Waals surface area contributed by atoms with E-state index >= 15 is 0 Å². The molecule has 0 saturated heterocycles. The molecule has 0 radical (unpaired) electrons. The Hall–Kier alpha value is -1.13. The van der Waals surface area contributed by atoms with E-state index in [0.717, 1.165) is 0 Å². The molecule has 0 amide bonds. The van der Waals surface area contributed by atoms with Crippen LogP contribution >= 0.6 is 0 Å². The Morgan fingerprint density at radius 1 is 1.40 bits per heavy atom. The lowest BCUT2D eigenvalue weighted by molar-refractivity contribution is 0.140. The molecule has 0 spiro atoms. The van der Waals surface area contributed by atoms with Crippen LogP contribution in [-0.2, 0) is 4.74 Å². The average Bonchev–Trinajstić information content (AvgIpc) is 2.24. The van der Waals surface area contributed by atoms with Crippen LogP contribution in [0.25, 0.3) is 0 Å². The monoisotopic (exact) mass is 213 g/mol. The molecule has 1 atom stereocenters. The number of rotatable bonds is 6. The van der Waals surface area contributed by atoms with Crippen molar-refractivity contribution >= 4 is 0 Å². The summed E-state index contributed by atoms with van der Waals surface area (Å²) in [7, 11) is 3.46. The fraction of sp³-hybridized carbons (Fsp3) is 0.455. The molecule has 15 heavy (non-hydrogen) atoms. The summed E-state index contributed by atoms with van der Waals surface area (Å²) >= 11 is 0. The summed E-state index contributed by atoms with van der Waals surface area (Å²) in [5.41, 5.74) is 0. The van der Waals surface area contributed by atoms with Gasteiger partial charge in [0, 0.05) is 13.2 Å². The number of ether oxygens (including phenoxy) is 2. The molecule has 0 aromatic heterocycles. The van der Waals surface area contributed by atoms with Crippen LogP contribution < -0.4 is 10.1 Å². The van der Waals surface area contributed by atoms with Crippen molar-refractivity contribution in [2.45, 2.75) is 6.04 Å². The minimum Gasteiger partial charge on any atom is -0.492 e. The van der Waals surface area contributed by atoms with Crippen molar-refractivity contribution in [3.63, 3.8) is 0 Å². The Balaban J connectivity index is 2.41. The Labute approximate surface area is 89.2 Å². The third-order valence-corrected chi connectivity index (χ3v) is 2.02. The summed E-state index contributed by atoms with van der Waals surface area (Å²) in [5.74, 6) is 0.242. The molecule has 0 fully saturated rings. The van der Waals surface area contributed by atoms with Crippen LogP contribution in [0.5, 0.6) is 5.75 Å². The van der Waals surface area contributed by atoms with Crippen LogP contribution in [0, 0.1) is 5.82 Å².